The van der Waals surface area contributed by atoms with Crippen molar-refractivity contribution in [2.75, 3.05) is 13.2 Å². The van der Waals surface area contributed by atoms with Crippen molar-refractivity contribution in [1.29, 1.82) is 0 Å². The Bertz CT molecular complexity index is 558. The van der Waals surface area contributed by atoms with Crippen molar-refractivity contribution >= 4 is 0 Å². The third-order valence-electron chi connectivity index (χ3n) is 4.51. The van der Waals surface area contributed by atoms with Gasteiger partial charge in [-0.1, -0.05) is 30.3 Å². The van der Waals surface area contributed by atoms with Gasteiger partial charge >= 0.3 is 0 Å². The molecule has 0 bridgehead atoms. The number of benzene rings is 1. The van der Waals surface area contributed by atoms with Crippen LogP contribution < -0.4 is 5.73 Å². The summed E-state index contributed by atoms with van der Waals surface area (Å²) in [6.07, 6.45) is 3.71. The predicted molar refractivity (Wildman–Crippen MR) is 78.3 cm³/mol. The topological polar surface area (TPSA) is 53.1 Å². The Labute approximate surface area is 119 Å². The Morgan fingerprint density at radius 1 is 1.20 bits per heavy atom. The van der Waals surface area contributed by atoms with Gasteiger partial charge in [0, 0.05) is 31.9 Å². The van der Waals surface area contributed by atoms with Gasteiger partial charge in [-0.05, 0) is 24.5 Å². The molecular weight excluding hydrogens is 250 g/mol. The maximum Gasteiger partial charge on any atom is 0.0566 e. The zero-order valence-corrected chi connectivity index (χ0v) is 11.8. The molecule has 1 aliphatic rings. The number of nitrogens with zero attached hydrogens (tertiary/aromatic N) is 2. The third kappa shape index (κ3) is 2.15. The smallest absolute Gasteiger partial charge is 0.0566 e. The Morgan fingerprint density at radius 2 is 1.90 bits per heavy atom. The minimum absolute atomic E-state index is 0.0622. The highest BCUT2D eigenvalue weighted by molar-refractivity contribution is 5.31. The fourth-order valence-corrected chi connectivity index (χ4v) is 3.26. The molecule has 1 aromatic heterocycles. The van der Waals surface area contributed by atoms with Gasteiger partial charge < -0.3 is 10.5 Å². The van der Waals surface area contributed by atoms with Crippen molar-refractivity contribution in [2.45, 2.75) is 24.3 Å². The van der Waals surface area contributed by atoms with Crippen LogP contribution in [0.2, 0.25) is 0 Å². The van der Waals surface area contributed by atoms with E-state index < -0.39 is 0 Å². The van der Waals surface area contributed by atoms with Crippen LogP contribution in [-0.4, -0.2) is 23.0 Å². The molecule has 0 radical (unpaired) electrons. The van der Waals surface area contributed by atoms with Crippen LogP contribution >= 0.6 is 0 Å². The van der Waals surface area contributed by atoms with Gasteiger partial charge in [-0.15, -0.1) is 0 Å². The summed E-state index contributed by atoms with van der Waals surface area (Å²) < 4.78 is 7.45. The molecule has 1 saturated heterocycles. The second-order valence-electron chi connectivity index (χ2n) is 5.49. The number of nitrogens with two attached hydrogens (primary N) is 1. The van der Waals surface area contributed by atoms with Gasteiger partial charge in [0.25, 0.3) is 0 Å². The predicted octanol–water partition coefficient (Wildman–Crippen LogP) is 2.17. The molecule has 1 unspecified atom stereocenters. The van der Waals surface area contributed by atoms with E-state index in [1.54, 1.807) is 0 Å². The summed E-state index contributed by atoms with van der Waals surface area (Å²) in [6, 6.07) is 12.5. The molecule has 1 aliphatic heterocycles. The van der Waals surface area contributed by atoms with Crippen LogP contribution in [0.25, 0.3) is 0 Å². The summed E-state index contributed by atoms with van der Waals surface area (Å²) in [5.74, 6) is 0. The summed E-state index contributed by atoms with van der Waals surface area (Å²) in [4.78, 5) is 0. The Morgan fingerprint density at radius 3 is 2.50 bits per heavy atom. The maximum absolute atomic E-state index is 6.67. The summed E-state index contributed by atoms with van der Waals surface area (Å²) >= 11 is 0. The molecule has 2 N–H and O–H groups in total. The minimum atomic E-state index is -0.0682. The number of ether oxygens (including phenoxy) is 1. The first-order valence-corrected chi connectivity index (χ1v) is 7.11. The lowest BCUT2D eigenvalue weighted by atomic mass is 9.68. The van der Waals surface area contributed by atoms with Crippen LogP contribution in [0.5, 0.6) is 0 Å². The van der Waals surface area contributed by atoms with Crippen LogP contribution in [0.3, 0.4) is 0 Å². The molecule has 1 atom stereocenters. The highest BCUT2D eigenvalue weighted by atomic mass is 16.5. The van der Waals surface area contributed by atoms with E-state index in [-0.39, 0.29) is 11.5 Å². The largest absolute Gasteiger partial charge is 0.381 e. The molecule has 1 fully saturated rings. The van der Waals surface area contributed by atoms with E-state index >= 15 is 0 Å². The molecule has 4 nitrogen and oxygen atoms in total. The summed E-state index contributed by atoms with van der Waals surface area (Å²) in [6.45, 7) is 1.53. The van der Waals surface area contributed by atoms with Gasteiger partial charge in [0.15, 0.2) is 0 Å². The van der Waals surface area contributed by atoms with Crippen molar-refractivity contribution in [3.05, 3.63) is 53.9 Å². The van der Waals surface area contributed by atoms with Crippen molar-refractivity contribution in [1.82, 2.24) is 9.78 Å². The highest BCUT2D eigenvalue weighted by Crippen LogP contribution is 2.43. The zero-order valence-electron chi connectivity index (χ0n) is 11.8. The Kier molecular flexibility index (Phi) is 3.59. The summed E-state index contributed by atoms with van der Waals surface area (Å²) in [5.41, 5.74) is 8.99. The fourth-order valence-electron chi connectivity index (χ4n) is 3.26. The molecule has 0 aliphatic carbocycles. The second kappa shape index (κ2) is 5.38. The van der Waals surface area contributed by atoms with Crippen molar-refractivity contribution in [3.8, 4) is 0 Å². The normalized spacial score (nSPS) is 19.7. The monoisotopic (exact) mass is 271 g/mol. The molecular formula is C16H21N3O. The van der Waals surface area contributed by atoms with Gasteiger partial charge in [0.05, 0.1) is 11.7 Å². The van der Waals surface area contributed by atoms with E-state index in [0.717, 1.165) is 31.7 Å². The van der Waals surface area contributed by atoms with Crippen LogP contribution in [0, 0.1) is 0 Å². The van der Waals surface area contributed by atoms with Crippen molar-refractivity contribution < 1.29 is 4.74 Å². The molecule has 2 heterocycles. The molecule has 4 heteroatoms. The second-order valence-corrected chi connectivity index (χ2v) is 5.49. The Balaban J connectivity index is 2.04. The molecule has 0 amide bonds. The quantitative estimate of drug-likeness (QED) is 0.931. The molecule has 106 valence electrons. The SMILES string of the molecule is Cn1nccc1C(N)C1(c2ccccc2)CCOCC1. The van der Waals surface area contributed by atoms with E-state index in [4.69, 9.17) is 10.5 Å². The third-order valence-corrected chi connectivity index (χ3v) is 4.51. The lowest BCUT2D eigenvalue weighted by Crippen LogP contribution is -2.44. The van der Waals surface area contributed by atoms with Crippen LogP contribution in [-0.2, 0) is 17.2 Å². The van der Waals surface area contributed by atoms with Crippen LogP contribution in [0.4, 0.5) is 0 Å². The first-order valence-electron chi connectivity index (χ1n) is 7.11. The van der Waals surface area contributed by atoms with Gasteiger partial charge in [-0.25, -0.2) is 0 Å². The summed E-state index contributed by atoms with van der Waals surface area (Å²) in [5, 5.41) is 4.26. The van der Waals surface area contributed by atoms with Gasteiger partial charge in [0.1, 0.15) is 0 Å². The average molecular weight is 271 g/mol. The lowest BCUT2D eigenvalue weighted by molar-refractivity contribution is 0.0387. The number of aryl methyl sites for hydroxylation is 1. The van der Waals surface area contributed by atoms with E-state index in [2.05, 4.69) is 29.4 Å². The number of hydrogen-bond acceptors (Lipinski definition) is 3. The van der Waals surface area contributed by atoms with E-state index in [0.29, 0.717) is 0 Å². The highest BCUT2D eigenvalue weighted by Gasteiger charge is 2.41. The standard InChI is InChI=1S/C16H21N3O/c1-19-14(7-10-18-19)15(17)16(8-11-20-12-9-16)13-5-3-2-4-6-13/h2-7,10,15H,8-9,11-12,17H2,1H3. The number of aromatic nitrogens is 2. The van der Waals surface area contributed by atoms with E-state index in [1.165, 1.54) is 5.56 Å². The minimum Gasteiger partial charge on any atom is -0.381 e. The number of hydrogen-bond donors (Lipinski definition) is 1. The molecule has 2 aromatic rings. The van der Waals surface area contributed by atoms with E-state index in [9.17, 15) is 0 Å². The van der Waals surface area contributed by atoms with Crippen molar-refractivity contribution in [3.63, 3.8) is 0 Å². The number of rotatable bonds is 3. The fraction of sp³-hybridized carbons (Fsp3) is 0.438. The molecule has 0 saturated carbocycles. The van der Waals surface area contributed by atoms with Crippen LogP contribution in [0.15, 0.2) is 42.6 Å². The Hall–Kier alpha value is -1.65. The van der Waals surface area contributed by atoms with Gasteiger partial charge in [-0.2, -0.15) is 5.10 Å². The molecule has 20 heavy (non-hydrogen) atoms. The maximum atomic E-state index is 6.67. The molecule has 0 spiro atoms. The van der Waals surface area contributed by atoms with Gasteiger partial charge in [0.2, 0.25) is 0 Å². The van der Waals surface area contributed by atoms with E-state index in [1.807, 2.05) is 30.1 Å². The lowest BCUT2D eigenvalue weighted by Gasteiger charge is -2.42. The van der Waals surface area contributed by atoms with Crippen LogP contribution in [0.1, 0.15) is 30.1 Å². The first kappa shape index (κ1) is 13.3. The van der Waals surface area contributed by atoms with Crippen molar-refractivity contribution in [2.24, 2.45) is 12.8 Å². The van der Waals surface area contributed by atoms with Gasteiger partial charge in [-0.3, -0.25) is 4.68 Å². The zero-order chi connectivity index (χ0) is 14.0. The molecule has 1 aromatic carbocycles. The molecule has 3 rings (SSSR count). The average Bonchev–Trinajstić information content (AvgIpc) is 2.94. The first-order chi connectivity index (χ1) is 9.74. The summed E-state index contributed by atoms with van der Waals surface area (Å²) in [7, 11) is 1.95.